The summed E-state index contributed by atoms with van der Waals surface area (Å²) in [4.78, 5) is 32.4. The predicted octanol–water partition coefficient (Wildman–Crippen LogP) is 4.26. The lowest BCUT2D eigenvalue weighted by Crippen LogP contribution is -2.49. The van der Waals surface area contributed by atoms with Crippen molar-refractivity contribution in [2.45, 2.75) is 45.1 Å². The number of nitrogens with one attached hydrogen (secondary N) is 1. The molecular weight excluding hydrogens is 418 g/mol. The molecule has 2 aromatic carbocycles. The Balaban J connectivity index is 1.42. The number of aromatic nitrogens is 1. The van der Waals surface area contributed by atoms with E-state index in [0.29, 0.717) is 6.42 Å². The molecule has 1 aromatic heterocycles. The summed E-state index contributed by atoms with van der Waals surface area (Å²) in [5.41, 5.74) is 4.12. The molecule has 32 heavy (non-hydrogen) atoms. The standard InChI is InChI=1S/C26H29N3O2S/c1-2-19-10-12-21(13-11-19)25-27-22(18-32-25)17-24(30)28-23(16-20-8-4-3-5-9-20)26(31)29-14-6-7-15-29/h3-5,8-13,18,23H,2,6-7,14-17H2,1H3,(H,28,30). The normalized spacial score (nSPS) is 14.3. The molecule has 5 nitrogen and oxygen atoms in total. The van der Waals surface area contributed by atoms with Crippen LogP contribution in [-0.2, 0) is 28.9 Å². The number of nitrogens with zero attached hydrogens (tertiary/aromatic N) is 2. The first-order valence-electron chi connectivity index (χ1n) is 11.3. The summed E-state index contributed by atoms with van der Waals surface area (Å²) in [6, 6.07) is 17.7. The molecule has 0 spiro atoms. The number of carbonyl (C=O) groups is 2. The van der Waals surface area contributed by atoms with Crippen LogP contribution in [0.3, 0.4) is 0 Å². The number of carbonyl (C=O) groups excluding carboxylic acids is 2. The summed E-state index contributed by atoms with van der Waals surface area (Å²) in [7, 11) is 0. The summed E-state index contributed by atoms with van der Waals surface area (Å²) in [6.07, 6.45) is 3.72. The van der Waals surface area contributed by atoms with Crippen LogP contribution in [0.2, 0.25) is 0 Å². The molecule has 1 unspecified atom stereocenters. The Bertz CT molecular complexity index is 1040. The molecule has 166 valence electrons. The van der Waals surface area contributed by atoms with Gasteiger partial charge < -0.3 is 10.2 Å². The second kappa shape index (κ2) is 10.6. The third kappa shape index (κ3) is 5.62. The first-order valence-corrected chi connectivity index (χ1v) is 12.2. The number of aryl methyl sites for hydroxylation is 1. The van der Waals surface area contributed by atoms with Crippen molar-refractivity contribution in [3.05, 3.63) is 76.8 Å². The van der Waals surface area contributed by atoms with Gasteiger partial charge >= 0.3 is 0 Å². The van der Waals surface area contributed by atoms with E-state index in [-0.39, 0.29) is 18.2 Å². The van der Waals surface area contributed by atoms with Gasteiger partial charge in [0.25, 0.3) is 0 Å². The van der Waals surface area contributed by atoms with Crippen molar-refractivity contribution in [2.24, 2.45) is 0 Å². The molecule has 6 heteroatoms. The van der Waals surface area contributed by atoms with Crippen LogP contribution in [-0.4, -0.2) is 40.8 Å². The van der Waals surface area contributed by atoms with E-state index >= 15 is 0 Å². The van der Waals surface area contributed by atoms with Crippen LogP contribution in [0, 0.1) is 0 Å². The van der Waals surface area contributed by atoms with Crippen LogP contribution in [0.1, 0.15) is 36.6 Å². The number of thiazole rings is 1. The van der Waals surface area contributed by atoms with Crippen LogP contribution >= 0.6 is 11.3 Å². The average molecular weight is 448 g/mol. The number of benzene rings is 2. The highest BCUT2D eigenvalue weighted by Crippen LogP contribution is 2.24. The van der Waals surface area contributed by atoms with Gasteiger partial charge in [0.15, 0.2) is 0 Å². The van der Waals surface area contributed by atoms with Crippen molar-refractivity contribution < 1.29 is 9.59 Å². The maximum atomic E-state index is 13.1. The smallest absolute Gasteiger partial charge is 0.245 e. The molecule has 1 aliphatic rings. The van der Waals surface area contributed by atoms with Gasteiger partial charge in [0.05, 0.1) is 12.1 Å². The molecule has 1 aliphatic heterocycles. The van der Waals surface area contributed by atoms with E-state index in [0.717, 1.165) is 54.2 Å². The highest BCUT2D eigenvalue weighted by molar-refractivity contribution is 7.13. The molecule has 2 heterocycles. The minimum Gasteiger partial charge on any atom is -0.344 e. The van der Waals surface area contributed by atoms with Crippen molar-refractivity contribution >= 4 is 23.2 Å². The van der Waals surface area contributed by atoms with Crippen LogP contribution < -0.4 is 5.32 Å². The Labute approximate surface area is 193 Å². The number of rotatable bonds is 8. The van der Waals surface area contributed by atoms with E-state index < -0.39 is 6.04 Å². The van der Waals surface area contributed by atoms with Gasteiger partial charge in [0.2, 0.25) is 11.8 Å². The lowest BCUT2D eigenvalue weighted by atomic mass is 10.0. The van der Waals surface area contributed by atoms with Gasteiger partial charge in [-0.3, -0.25) is 9.59 Å². The summed E-state index contributed by atoms with van der Waals surface area (Å²) < 4.78 is 0. The molecule has 4 rings (SSSR count). The van der Waals surface area contributed by atoms with E-state index in [2.05, 4.69) is 41.5 Å². The fraction of sp³-hybridized carbons (Fsp3) is 0.346. The zero-order chi connectivity index (χ0) is 22.3. The fourth-order valence-corrected chi connectivity index (χ4v) is 4.85. The van der Waals surface area contributed by atoms with Gasteiger partial charge in [-0.15, -0.1) is 11.3 Å². The average Bonchev–Trinajstić information content (AvgIpc) is 3.51. The third-order valence-electron chi connectivity index (χ3n) is 5.84. The molecule has 3 aromatic rings. The molecule has 0 aliphatic carbocycles. The lowest BCUT2D eigenvalue weighted by molar-refractivity contribution is -0.135. The van der Waals surface area contributed by atoms with Gasteiger partial charge in [-0.2, -0.15) is 0 Å². The van der Waals surface area contributed by atoms with Gasteiger partial charge in [-0.25, -0.2) is 4.98 Å². The predicted molar refractivity (Wildman–Crippen MR) is 129 cm³/mol. The van der Waals surface area contributed by atoms with Crippen LogP contribution in [0.5, 0.6) is 0 Å². The molecule has 2 amide bonds. The molecule has 1 saturated heterocycles. The number of likely N-dealkylation sites (tertiary alicyclic amines) is 1. The Kier molecular flexibility index (Phi) is 7.32. The number of amides is 2. The molecule has 1 atom stereocenters. The Morgan fingerprint density at radius 2 is 1.75 bits per heavy atom. The van der Waals surface area contributed by atoms with Crippen LogP contribution in [0.25, 0.3) is 10.6 Å². The van der Waals surface area contributed by atoms with Gasteiger partial charge in [0, 0.05) is 30.5 Å². The Morgan fingerprint density at radius 3 is 2.44 bits per heavy atom. The first kappa shape index (κ1) is 22.2. The highest BCUT2D eigenvalue weighted by Gasteiger charge is 2.28. The maximum Gasteiger partial charge on any atom is 0.245 e. The van der Waals surface area contributed by atoms with E-state index in [1.165, 1.54) is 5.56 Å². The second-order valence-electron chi connectivity index (χ2n) is 8.21. The maximum absolute atomic E-state index is 13.1. The summed E-state index contributed by atoms with van der Waals surface area (Å²) in [6.45, 7) is 3.67. The fourth-order valence-electron chi connectivity index (χ4n) is 4.02. The molecular formula is C26H29N3O2S. The monoisotopic (exact) mass is 447 g/mol. The van der Waals surface area contributed by atoms with Crippen molar-refractivity contribution in [3.8, 4) is 10.6 Å². The zero-order valence-electron chi connectivity index (χ0n) is 18.4. The van der Waals surface area contributed by atoms with E-state index in [4.69, 9.17) is 0 Å². The third-order valence-corrected chi connectivity index (χ3v) is 6.78. The highest BCUT2D eigenvalue weighted by atomic mass is 32.1. The lowest BCUT2D eigenvalue weighted by Gasteiger charge is -2.24. The van der Waals surface area contributed by atoms with Crippen molar-refractivity contribution in [1.82, 2.24) is 15.2 Å². The van der Waals surface area contributed by atoms with Crippen molar-refractivity contribution in [3.63, 3.8) is 0 Å². The molecule has 1 fully saturated rings. The Morgan fingerprint density at radius 1 is 1.03 bits per heavy atom. The Hall–Kier alpha value is -2.99. The van der Waals surface area contributed by atoms with Crippen LogP contribution in [0.4, 0.5) is 0 Å². The SMILES string of the molecule is CCc1ccc(-c2nc(CC(=O)NC(Cc3ccccc3)C(=O)N3CCCC3)cs2)cc1. The first-order chi connectivity index (χ1) is 15.6. The minimum absolute atomic E-state index is 0.00897. The molecule has 0 saturated carbocycles. The van der Waals surface area contributed by atoms with Crippen molar-refractivity contribution in [2.75, 3.05) is 13.1 Å². The molecule has 1 N–H and O–H groups in total. The van der Waals surface area contributed by atoms with E-state index in [9.17, 15) is 9.59 Å². The summed E-state index contributed by atoms with van der Waals surface area (Å²) in [5.74, 6) is -0.161. The zero-order valence-corrected chi connectivity index (χ0v) is 19.2. The molecule has 0 radical (unpaired) electrons. The van der Waals surface area contributed by atoms with Gasteiger partial charge in [-0.1, -0.05) is 61.5 Å². The van der Waals surface area contributed by atoms with Crippen LogP contribution in [0.15, 0.2) is 60.0 Å². The number of hydrogen-bond donors (Lipinski definition) is 1. The largest absolute Gasteiger partial charge is 0.344 e. The molecule has 0 bridgehead atoms. The second-order valence-corrected chi connectivity index (χ2v) is 9.07. The van der Waals surface area contributed by atoms with E-state index in [1.54, 1.807) is 11.3 Å². The quantitative estimate of drug-likeness (QED) is 0.561. The minimum atomic E-state index is -0.553. The van der Waals surface area contributed by atoms with E-state index in [1.807, 2.05) is 40.6 Å². The van der Waals surface area contributed by atoms with Crippen molar-refractivity contribution in [1.29, 1.82) is 0 Å². The number of hydrogen-bond acceptors (Lipinski definition) is 4. The van der Waals surface area contributed by atoms with Gasteiger partial charge in [-0.05, 0) is 30.4 Å². The summed E-state index contributed by atoms with van der Waals surface area (Å²) in [5, 5.41) is 5.82. The van der Waals surface area contributed by atoms with Gasteiger partial charge in [0.1, 0.15) is 11.0 Å². The topological polar surface area (TPSA) is 62.3 Å². The summed E-state index contributed by atoms with van der Waals surface area (Å²) >= 11 is 1.54.